The highest BCUT2D eigenvalue weighted by Crippen LogP contribution is 2.34. The number of ether oxygens (including phenoxy) is 6. The van der Waals surface area contributed by atoms with Gasteiger partial charge >= 0.3 is 23.9 Å². The maximum absolute atomic E-state index is 13.2. The van der Waals surface area contributed by atoms with Crippen molar-refractivity contribution in [1.82, 2.24) is 4.98 Å². The minimum Gasteiger partial charge on any atom is -0.463 e. The molecule has 0 radical (unpaired) electrons. The van der Waals surface area contributed by atoms with E-state index in [2.05, 4.69) is 4.98 Å². The van der Waals surface area contributed by atoms with E-state index in [9.17, 15) is 24.0 Å². The summed E-state index contributed by atoms with van der Waals surface area (Å²) >= 11 is 0. The number of carbonyl (C=O) groups excluding carboxylic acids is 5. The molecule has 45 heavy (non-hydrogen) atoms. The Morgan fingerprint density at radius 3 is 2.29 bits per heavy atom. The highest BCUT2D eigenvalue weighted by atomic mass is 16.7. The smallest absolute Gasteiger partial charge is 0.303 e. The van der Waals surface area contributed by atoms with Gasteiger partial charge in [0.1, 0.15) is 18.5 Å². The van der Waals surface area contributed by atoms with Gasteiger partial charge in [-0.05, 0) is 53.6 Å². The first-order valence-corrected chi connectivity index (χ1v) is 14.2. The number of ketones is 1. The van der Waals surface area contributed by atoms with Crippen LogP contribution in [-0.2, 0) is 49.3 Å². The molecule has 1 saturated heterocycles. The van der Waals surface area contributed by atoms with Crippen LogP contribution in [0.4, 0.5) is 0 Å². The van der Waals surface area contributed by atoms with Crippen LogP contribution in [-0.4, -0.2) is 72.0 Å². The molecular formula is C33H31NO11. The normalized spacial score (nSPS) is 23.2. The predicted octanol–water partition coefficient (Wildman–Crippen LogP) is 3.52. The lowest BCUT2D eigenvalue weighted by Gasteiger charge is -2.43. The monoisotopic (exact) mass is 617 g/mol. The lowest BCUT2D eigenvalue weighted by atomic mass is 9.98. The van der Waals surface area contributed by atoms with Crippen LogP contribution < -0.4 is 4.74 Å². The van der Waals surface area contributed by atoms with Crippen molar-refractivity contribution in [2.75, 3.05) is 6.61 Å². The Morgan fingerprint density at radius 1 is 0.867 bits per heavy atom. The summed E-state index contributed by atoms with van der Waals surface area (Å²) in [5.41, 5.74) is 3.53. The molecular weight excluding hydrogens is 586 g/mol. The molecule has 0 spiro atoms. The number of hydrogen-bond acceptors (Lipinski definition) is 12. The summed E-state index contributed by atoms with van der Waals surface area (Å²) in [5.74, 6) is -2.71. The maximum atomic E-state index is 13.2. The van der Waals surface area contributed by atoms with Crippen molar-refractivity contribution in [3.8, 4) is 5.75 Å². The van der Waals surface area contributed by atoms with E-state index in [1.807, 2.05) is 36.4 Å². The number of rotatable bonds is 8. The van der Waals surface area contributed by atoms with E-state index in [4.69, 9.17) is 28.4 Å². The Hall–Kier alpha value is -5.10. The molecule has 2 aliphatic rings. The predicted molar refractivity (Wildman–Crippen MR) is 157 cm³/mol. The van der Waals surface area contributed by atoms with Gasteiger partial charge in [0.05, 0.1) is 5.52 Å². The van der Waals surface area contributed by atoms with Crippen molar-refractivity contribution in [1.29, 1.82) is 0 Å². The molecule has 1 aliphatic heterocycles. The van der Waals surface area contributed by atoms with Gasteiger partial charge in [-0.15, -0.1) is 0 Å². The van der Waals surface area contributed by atoms with Gasteiger partial charge in [0.2, 0.25) is 12.4 Å². The van der Waals surface area contributed by atoms with E-state index in [1.165, 1.54) is 6.92 Å². The van der Waals surface area contributed by atoms with Gasteiger partial charge in [0.15, 0.2) is 18.0 Å². The molecule has 0 bridgehead atoms. The van der Waals surface area contributed by atoms with E-state index >= 15 is 0 Å². The number of hydrogen-bond donors (Lipinski definition) is 0. The molecule has 12 heteroatoms. The quantitative estimate of drug-likeness (QED) is 0.206. The fourth-order valence-corrected chi connectivity index (χ4v) is 5.39. The average Bonchev–Trinajstić information content (AvgIpc) is 3.28. The number of pyridine rings is 1. The Balaban J connectivity index is 1.42. The molecule has 234 valence electrons. The summed E-state index contributed by atoms with van der Waals surface area (Å²) in [5, 5.41) is 0.954. The van der Waals surface area contributed by atoms with Gasteiger partial charge in [-0.2, -0.15) is 0 Å². The number of nitrogens with zero attached hydrogens (tertiary/aromatic N) is 1. The zero-order valence-electron chi connectivity index (χ0n) is 25.0. The number of fused-ring (bicyclic) bond motifs is 2. The van der Waals surface area contributed by atoms with Crippen LogP contribution in [0.15, 0.2) is 60.3 Å². The second kappa shape index (κ2) is 13.3. The molecule has 12 nitrogen and oxygen atoms in total. The summed E-state index contributed by atoms with van der Waals surface area (Å²) in [7, 11) is 0. The maximum Gasteiger partial charge on any atom is 0.303 e. The lowest BCUT2D eigenvalue weighted by Crippen LogP contribution is -2.63. The van der Waals surface area contributed by atoms with E-state index < -0.39 is 54.6 Å². The number of esters is 4. The van der Waals surface area contributed by atoms with E-state index in [1.54, 1.807) is 24.4 Å². The van der Waals surface area contributed by atoms with Gasteiger partial charge in [0, 0.05) is 56.8 Å². The van der Waals surface area contributed by atoms with Crippen molar-refractivity contribution >= 4 is 46.6 Å². The zero-order valence-corrected chi connectivity index (χ0v) is 25.0. The highest BCUT2D eigenvalue weighted by molar-refractivity contribution is 6.15. The number of aromatic nitrogens is 1. The van der Waals surface area contributed by atoms with Gasteiger partial charge in [0.25, 0.3) is 0 Å². The highest BCUT2D eigenvalue weighted by Gasteiger charge is 2.53. The third-order valence-electron chi connectivity index (χ3n) is 7.16. The molecule has 5 atom stereocenters. The van der Waals surface area contributed by atoms with E-state index in [0.717, 1.165) is 37.2 Å². The molecule has 0 N–H and O–H groups in total. The first kappa shape index (κ1) is 31.3. The lowest BCUT2D eigenvalue weighted by molar-refractivity contribution is -0.288. The Kier molecular flexibility index (Phi) is 9.24. The third-order valence-corrected chi connectivity index (χ3v) is 7.16. The van der Waals surface area contributed by atoms with Crippen LogP contribution in [0.1, 0.15) is 49.2 Å². The summed E-state index contributed by atoms with van der Waals surface area (Å²) in [6, 6.07) is 14.4. The van der Waals surface area contributed by atoms with Gasteiger partial charge in [-0.25, -0.2) is 0 Å². The van der Waals surface area contributed by atoms with Crippen molar-refractivity contribution in [2.45, 2.75) is 64.8 Å². The Bertz CT molecular complexity index is 1700. The third kappa shape index (κ3) is 7.35. The Labute approximate surface area is 258 Å². The van der Waals surface area contributed by atoms with E-state index in [-0.39, 0.29) is 18.1 Å². The SMILES string of the molecule is CC(=O)OC[C@H]1OC(Oc2ccc3c(c2)C/C(=C\c2ccc4ncccc4c2)C3=O)[C@H](OC(C)=O)[C@@H](OC(C)=O)[C@@H]1OC(C)=O. The summed E-state index contributed by atoms with van der Waals surface area (Å²) in [6.45, 7) is 4.24. The van der Waals surface area contributed by atoms with Gasteiger partial charge < -0.3 is 28.4 Å². The molecule has 2 heterocycles. The number of Topliss-reactive ketones (excluding diaryl/α,β-unsaturated/α-hetero) is 1. The summed E-state index contributed by atoms with van der Waals surface area (Å²) < 4.78 is 33.6. The molecule has 2 aromatic carbocycles. The number of allylic oxidation sites excluding steroid dienone is 1. The standard InChI is InChI=1S/C33H31NO11/c1-17(35)40-16-28-30(41-18(2)36)31(42-19(3)37)32(43-20(4)38)33(45-28)44-25-8-9-26-23(15-25)14-24(29(26)39)13-21-7-10-27-22(12-21)6-5-11-34-27/h5-13,15,28,30-33H,14,16H2,1-4H3/b24-13+/t28-,30-,31+,32-,33?/m1/s1. The van der Waals surface area contributed by atoms with Crippen LogP contribution in [0.3, 0.4) is 0 Å². The van der Waals surface area contributed by atoms with Gasteiger partial charge in [-0.1, -0.05) is 12.1 Å². The zero-order chi connectivity index (χ0) is 32.2. The van der Waals surface area contributed by atoms with Crippen molar-refractivity contribution in [2.24, 2.45) is 0 Å². The number of benzene rings is 2. The molecule has 0 amide bonds. The molecule has 5 rings (SSSR count). The first-order chi connectivity index (χ1) is 21.5. The van der Waals surface area contributed by atoms with Gasteiger partial charge in [-0.3, -0.25) is 29.0 Å². The fourth-order valence-electron chi connectivity index (χ4n) is 5.39. The largest absolute Gasteiger partial charge is 0.463 e. The second-order valence-corrected chi connectivity index (χ2v) is 10.6. The molecule has 1 aromatic heterocycles. The van der Waals surface area contributed by atoms with Crippen LogP contribution in [0.2, 0.25) is 0 Å². The molecule has 3 aromatic rings. The second-order valence-electron chi connectivity index (χ2n) is 10.6. The molecule has 1 aliphatic carbocycles. The molecule has 0 saturated carbocycles. The Morgan fingerprint density at radius 2 is 1.58 bits per heavy atom. The molecule has 1 fully saturated rings. The minimum atomic E-state index is -1.39. The molecule has 1 unspecified atom stereocenters. The first-order valence-electron chi connectivity index (χ1n) is 14.2. The van der Waals surface area contributed by atoms with Crippen LogP contribution in [0.5, 0.6) is 5.75 Å². The van der Waals surface area contributed by atoms with Crippen LogP contribution in [0, 0.1) is 0 Å². The van der Waals surface area contributed by atoms with E-state index in [0.29, 0.717) is 23.1 Å². The summed E-state index contributed by atoms with van der Waals surface area (Å²) in [6.07, 6.45) is -2.67. The van der Waals surface area contributed by atoms with Crippen molar-refractivity contribution in [3.63, 3.8) is 0 Å². The topological polar surface area (TPSA) is 154 Å². The minimum absolute atomic E-state index is 0.116. The van der Waals surface area contributed by atoms with Crippen molar-refractivity contribution < 1.29 is 52.4 Å². The van der Waals surface area contributed by atoms with Crippen LogP contribution in [0.25, 0.3) is 17.0 Å². The summed E-state index contributed by atoms with van der Waals surface area (Å²) in [4.78, 5) is 65.3. The van der Waals surface area contributed by atoms with Crippen LogP contribution >= 0.6 is 0 Å². The average molecular weight is 618 g/mol. The fraction of sp³-hybridized carbons (Fsp3) is 0.333. The van der Waals surface area contributed by atoms with Crippen molar-refractivity contribution in [3.05, 3.63) is 77.0 Å². The number of carbonyl (C=O) groups is 5.